The fraction of sp³-hybridized carbons (Fsp3) is 0.933. The van der Waals surface area contributed by atoms with Crippen molar-refractivity contribution in [3.8, 4) is 0 Å². The number of carbonyl (C=O) groups is 1. The molecule has 0 N–H and O–H groups in total. The summed E-state index contributed by atoms with van der Waals surface area (Å²) in [7, 11) is 0. The van der Waals surface area contributed by atoms with Gasteiger partial charge in [-0.15, -0.1) is 0 Å². The standard InChI is InChI=1S/C13H22O5.C2H6/c1-3-15-11(14)12(16-4-2)5-7-13(8-6-12)17-9-10-18-13;1-2/h3-10H2,1-2H3;1-2H3. The maximum absolute atomic E-state index is 12.1. The van der Waals surface area contributed by atoms with Gasteiger partial charge in [0, 0.05) is 19.4 Å². The molecule has 2 fully saturated rings. The zero-order valence-corrected chi connectivity index (χ0v) is 13.2. The number of rotatable bonds is 4. The van der Waals surface area contributed by atoms with E-state index >= 15 is 0 Å². The second-order valence-corrected chi connectivity index (χ2v) is 4.76. The predicted molar refractivity (Wildman–Crippen MR) is 75.4 cm³/mol. The van der Waals surface area contributed by atoms with Crippen molar-refractivity contribution in [1.29, 1.82) is 0 Å². The second-order valence-electron chi connectivity index (χ2n) is 4.76. The topological polar surface area (TPSA) is 54.0 Å². The summed E-state index contributed by atoms with van der Waals surface area (Å²) in [4.78, 5) is 12.1. The molecule has 1 aliphatic carbocycles. The fourth-order valence-corrected chi connectivity index (χ4v) is 2.77. The minimum Gasteiger partial charge on any atom is -0.464 e. The van der Waals surface area contributed by atoms with Crippen LogP contribution in [0, 0.1) is 0 Å². The normalized spacial score (nSPS) is 23.0. The van der Waals surface area contributed by atoms with Gasteiger partial charge in [-0.1, -0.05) is 13.8 Å². The van der Waals surface area contributed by atoms with E-state index in [1.807, 2.05) is 27.7 Å². The van der Waals surface area contributed by atoms with Crippen LogP contribution < -0.4 is 0 Å². The Morgan fingerprint density at radius 3 is 2.00 bits per heavy atom. The van der Waals surface area contributed by atoms with Crippen LogP contribution in [-0.4, -0.2) is 43.8 Å². The van der Waals surface area contributed by atoms with Crippen LogP contribution in [0.25, 0.3) is 0 Å². The first-order valence-electron chi connectivity index (χ1n) is 7.75. The lowest BCUT2D eigenvalue weighted by molar-refractivity contribution is -0.218. The Hall–Kier alpha value is -0.650. The molecule has 1 spiro atoms. The number of ether oxygens (including phenoxy) is 4. The van der Waals surface area contributed by atoms with Crippen LogP contribution in [0.1, 0.15) is 53.4 Å². The van der Waals surface area contributed by atoms with Gasteiger partial charge < -0.3 is 18.9 Å². The molecule has 0 aromatic heterocycles. The highest BCUT2D eigenvalue weighted by molar-refractivity contribution is 5.79. The zero-order chi connectivity index (χ0) is 15.1. The molecular formula is C15H28O5. The molecule has 1 saturated carbocycles. The van der Waals surface area contributed by atoms with Gasteiger partial charge in [-0.25, -0.2) is 4.79 Å². The van der Waals surface area contributed by atoms with Gasteiger partial charge in [-0.3, -0.25) is 0 Å². The van der Waals surface area contributed by atoms with E-state index in [9.17, 15) is 4.79 Å². The van der Waals surface area contributed by atoms with Gasteiger partial charge in [-0.05, 0) is 26.7 Å². The lowest BCUT2D eigenvalue weighted by atomic mass is 9.81. The molecule has 0 aromatic carbocycles. The Bertz CT molecular complexity index is 287. The molecule has 20 heavy (non-hydrogen) atoms. The number of esters is 1. The molecule has 1 aliphatic heterocycles. The molecule has 1 saturated heterocycles. The highest BCUT2D eigenvalue weighted by Gasteiger charge is 2.51. The summed E-state index contributed by atoms with van der Waals surface area (Å²) >= 11 is 0. The lowest BCUT2D eigenvalue weighted by Gasteiger charge is -2.41. The summed E-state index contributed by atoms with van der Waals surface area (Å²) in [5, 5.41) is 0. The van der Waals surface area contributed by atoms with E-state index in [-0.39, 0.29) is 5.97 Å². The SMILES string of the molecule is CC.CCOC(=O)C1(OCC)CCC2(CC1)OCCO2. The van der Waals surface area contributed by atoms with Crippen LogP contribution in [0.4, 0.5) is 0 Å². The maximum atomic E-state index is 12.1. The summed E-state index contributed by atoms with van der Waals surface area (Å²) in [5.41, 5.74) is -0.800. The third-order valence-electron chi connectivity index (χ3n) is 3.70. The number of hydrogen-bond donors (Lipinski definition) is 0. The van der Waals surface area contributed by atoms with Gasteiger partial charge in [0.25, 0.3) is 0 Å². The first-order chi connectivity index (χ1) is 9.66. The van der Waals surface area contributed by atoms with Gasteiger partial charge in [0.2, 0.25) is 0 Å². The molecule has 2 aliphatic rings. The van der Waals surface area contributed by atoms with E-state index in [0.717, 1.165) is 0 Å². The minimum absolute atomic E-state index is 0.250. The molecule has 1 heterocycles. The monoisotopic (exact) mass is 288 g/mol. The van der Waals surface area contributed by atoms with Crippen molar-refractivity contribution in [2.24, 2.45) is 0 Å². The van der Waals surface area contributed by atoms with E-state index in [2.05, 4.69) is 0 Å². The third kappa shape index (κ3) is 3.71. The summed E-state index contributed by atoms with van der Waals surface area (Å²) in [6, 6.07) is 0. The molecule has 0 atom stereocenters. The molecule has 5 heteroatoms. The number of hydrogen-bond acceptors (Lipinski definition) is 5. The van der Waals surface area contributed by atoms with Crippen LogP contribution in [0.2, 0.25) is 0 Å². The fourth-order valence-electron chi connectivity index (χ4n) is 2.77. The molecule has 0 unspecified atom stereocenters. The average Bonchev–Trinajstić information content (AvgIpc) is 2.93. The Balaban J connectivity index is 0.000000956. The summed E-state index contributed by atoms with van der Waals surface area (Å²) in [6.45, 7) is 9.88. The van der Waals surface area contributed by atoms with Crippen molar-refractivity contribution < 1.29 is 23.7 Å². The molecule has 5 nitrogen and oxygen atoms in total. The van der Waals surface area contributed by atoms with Gasteiger partial charge in [0.15, 0.2) is 11.4 Å². The van der Waals surface area contributed by atoms with Gasteiger partial charge in [0.05, 0.1) is 19.8 Å². The van der Waals surface area contributed by atoms with Crippen molar-refractivity contribution in [3.63, 3.8) is 0 Å². The van der Waals surface area contributed by atoms with E-state index in [0.29, 0.717) is 52.1 Å². The third-order valence-corrected chi connectivity index (χ3v) is 3.70. The quantitative estimate of drug-likeness (QED) is 0.744. The Morgan fingerprint density at radius 1 is 1.00 bits per heavy atom. The lowest BCUT2D eigenvalue weighted by Crippen LogP contribution is -2.50. The first kappa shape index (κ1) is 17.4. The summed E-state index contributed by atoms with van der Waals surface area (Å²) in [5.74, 6) is -0.729. The highest BCUT2D eigenvalue weighted by Crippen LogP contribution is 2.42. The molecule has 2 rings (SSSR count). The predicted octanol–water partition coefficient (Wildman–Crippen LogP) is 2.67. The zero-order valence-electron chi connectivity index (χ0n) is 13.2. The van der Waals surface area contributed by atoms with E-state index in [1.54, 1.807) is 0 Å². The molecule has 0 bridgehead atoms. The van der Waals surface area contributed by atoms with Crippen molar-refractivity contribution in [3.05, 3.63) is 0 Å². The van der Waals surface area contributed by atoms with E-state index in [4.69, 9.17) is 18.9 Å². The molecule has 118 valence electrons. The Kier molecular flexibility index (Phi) is 6.92. The first-order valence-corrected chi connectivity index (χ1v) is 7.75. The molecule has 0 amide bonds. The van der Waals surface area contributed by atoms with Crippen LogP contribution in [-0.2, 0) is 23.7 Å². The second kappa shape index (κ2) is 7.96. The summed E-state index contributed by atoms with van der Waals surface area (Å²) in [6.07, 6.45) is 2.57. The van der Waals surface area contributed by atoms with Gasteiger partial charge in [-0.2, -0.15) is 0 Å². The Morgan fingerprint density at radius 2 is 1.55 bits per heavy atom. The molecule has 0 radical (unpaired) electrons. The molecular weight excluding hydrogens is 260 g/mol. The minimum atomic E-state index is -0.800. The van der Waals surface area contributed by atoms with Crippen LogP contribution in [0.15, 0.2) is 0 Å². The van der Waals surface area contributed by atoms with Crippen molar-refractivity contribution in [1.82, 2.24) is 0 Å². The van der Waals surface area contributed by atoms with E-state index in [1.165, 1.54) is 0 Å². The van der Waals surface area contributed by atoms with Crippen molar-refractivity contribution in [2.75, 3.05) is 26.4 Å². The van der Waals surface area contributed by atoms with Crippen molar-refractivity contribution >= 4 is 5.97 Å². The Labute approximate surface area is 121 Å². The highest BCUT2D eigenvalue weighted by atomic mass is 16.7. The van der Waals surface area contributed by atoms with Crippen molar-refractivity contribution in [2.45, 2.75) is 64.8 Å². The average molecular weight is 288 g/mol. The summed E-state index contributed by atoms with van der Waals surface area (Å²) < 4.78 is 22.2. The van der Waals surface area contributed by atoms with Gasteiger partial charge >= 0.3 is 5.97 Å². The number of carbonyl (C=O) groups excluding carboxylic acids is 1. The van der Waals surface area contributed by atoms with Crippen LogP contribution in [0.5, 0.6) is 0 Å². The smallest absolute Gasteiger partial charge is 0.338 e. The van der Waals surface area contributed by atoms with E-state index < -0.39 is 11.4 Å². The van der Waals surface area contributed by atoms with Crippen LogP contribution in [0.3, 0.4) is 0 Å². The maximum Gasteiger partial charge on any atom is 0.338 e. The van der Waals surface area contributed by atoms with Crippen LogP contribution >= 0.6 is 0 Å². The van der Waals surface area contributed by atoms with Gasteiger partial charge in [0.1, 0.15) is 0 Å². The molecule has 0 aromatic rings. The largest absolute Gasteiger partial charge is 0.464 e.